The van der Waals surface area contributed by atoms with Gasteiger partial charge in [-0.1, -0.05) is 6.92 Å². The summed E-state index contributed by atoms with van der Waals surface area (Å²) in [5.41, 5.74) is -0.157. The molecule has 1 radical (unpaired) electrons. The molecule has 0 aromatic carbocycles. The summed E-state index contributed by atoms with van der Waals surface area (Å²) >= 11 is 0. The van der Waals surface area contributed by atoms with E-state index in [1.165, 1.54) is 6.92 Å². The van der Waals surface area contributed by atoms with Crippen molar-refractivity contribution in [2.24, 2.45) is 0 Å². The van der Waals surface area contributed by atoms with E-state index >= 15 is 0 Å². The van der Waals surface area contributed by atoms with Gasteiger partial charge in [-0.25, -0.2) is 6.92 Å². The smallest absolute Gasteiger partial charge is 0.110 e. The minimum absolute atomic E-state index is 0. The monoisotopic (exact) mass is 180 g/mol. The molecule has 0 aliphatic carbocycles. The molecule has 0 aliphatic heterocycles. The molecule has 0 aromatic heterocycles. The van der Waals surface area contributed by atoms with Crippen LogP contribution in [0.5, 0.6) is 0 Å². The molecule has 0 bridgehead atoms. The number of hydrogen-bond acceptors (Lipinski definition) is 0. The van der Waals surface area contributed by atoms with E-state index in [0.29, 0.717) is 0 Å². The van der Waals surface area contributed by atoms with Gasteiger partial charge in [0.15, 0.2) is 0 Å². The second-order valence-corrected chi connectivity index (χ2v) is 1.04. The fourth-order valence-corrected chi connectivity index (χ4v) is 0. The number of rotatable bonds is 0. The fourth-order valence-electron chi connectivity index (χ4n) is 0. The largest absolute Gasteiger partial charge is 0.289 e. The molecule has 0 nitrogen and oxygen atoms in total. The van der Waals surface area contributed by atoms with E-state index in [9.17, 15) is 8.78 Å². The van der Waals surface area contributed by atoms with Crippen molar-refractivity contribution in [2.75, 3.05) is 0 Å². The van der Waals surface area contributed by atoms with Crippen LogP contribution in [-0.2, 0) is 32.7 Å². The third-order valence-electron chi connectivity index (χ3n) is 0.323. The maximum Gasteiger partial charge on any atom is 0.110 e. The summed E-state index contributed by atoms with van der Waals surface area (Å²) in [6, 6.07) is 0. The Labute approximate surface area is 66.9 Å². The van der Waals surface area contributed by atoms with Crippen LogP contribution in [0.4, 0.5) is 8.78 Å². The Balaban J connectivity index is 0. The molecule has 0 saturated carbocycles. The maximum atomic E-state index is 11.0. The Morgan fingerprint density at radius 1 is 1.43 bits per heavy atom. The zero-order valence-corrected chi connectivity index (χ0v) is 6.88. The molecule has 0 unspecified atom stereocenters. The van der Waals surface area contributed by atoms with Crippen LogP contribution in [0.1, 0.15) is 6.92 Å². The van der Waals surface area contributed by atoms with Gasteiger partial charge in [-0.3, -0.25) is 8.78 Å². The fraction of sp³-hybridized carbons (Fsp3) is 0.250. The standard InChI is InChI=1S/C4H5F2.Y/c1-3(2)4(5)6;/h1H2,2H3;/q-1;. The second-order valence-electron chi connectivity index (χ2n) is 1.04. The third kappa shape index (κ3) is 6.57. The molecule has 0 amide bonds. The van der Waals surface area contributed by atoms with Gasteiger partial charge in [0.1, 0.15) is 6.08 Å². The van der Waals surface area contributed by atoms with Crippen LogP contribution >= 0.6 is 0 Å². The zero-order valence-electron chi connectivity index (χ0n) is 4.04. The average molecular weight is 180 g/mol. The van der Waals surface area contributed by atoms with Gasteiger partial charge in [0.2, 0.25) is 0 Å². The third-order valence-corrected chi connectivity index (χ3v) is 0.323. The molecule has 0 saturated heterocycles. The Morgan fingerprint density at radius 2 is 1.57 bits per heavy atom. The van der Waals surface area contributed by atoms with Crippen molar-refractivity contribution in [3.63, 3.8) is 0 Å². The van der Waals surface area contributed by atoms with Gasteiger partial charge in [0, 0.05) is 32.7 Å². The molecule has 0 N–H and O–H groups in total. The van der Waals surface area contributed by atoms with Crippen molar-refractivity contribution < 1.29 is 41.5 Å². The van der Waals surface area contributed by atoms with Crippen molar-refractivity contribution in [3.05, 3.63) is 18.6 Å². The normalized spacial score (nSPS) is 6.71. The van der Waals surface area contributed by atoms with Gasteiger partial charge in [-0.2, -0.15) is 5.57 Å². The van der Waals surface area contributed by atoms with E-state index in [4.69, 9.17) is 0 Å². The van der Waals surface area contributed by atoms with Gasteiger partial charge in [0.25, 0.3) is 0 Å². The van der Waals surface area contributed by atoms with Crippen molar-refractivity contribution in [1.29, 1.82) is 0 Å². The summed E-state index contributed by atoms with van der Waals surface area (Å²) in [6.07, 6.45) is -1.69. The number of hydrogen-bond donors (Lipinski definition) is 0. The van der Waals surface area contributed by atoms with E-state index in [1.54, 1.807) is 0 Å². The summed E-state index contributed by atoms with van der Waals surface area (Å²) in [6.45, 7) is 4.23. The Kier molecular flexibility index (Phi) is 7.11. The van der Waals surface area contributed by atoms with Gasteiger partial charge >= 0.3 is 0 Å². The van der Waals surface area contributed by atoms with Crippen LogP contribution < -0.4 is 0 Å². The van der Waals surface area contributed by atoms with Crippen LogP contribution in [0.15, 0.2) is 11.7 Å². The van der Waals surface area contributed by atoms with Crippen molar-refractivity contribution >= 4 is 0 Å². The molecular weight excluding hydrogens is 175 g/mol. The first kappa shape index (κ1) is 10.5. The quantitative estimate of drug-likeness (QED) is 0.500. The van der Waals surface area contributed by atoms with Gasteiger partial charge in [-0.05, 0) is 0 Å². The predicted molar refractivity (Wildman–Crippen MR) is 20.3 cm³/mol. The molecule has 0 rings (SSSR count). The van der Waals surface area contributed by atoms with Crippen LogP contribution in [0.3, 0.4) is 0 Å². The number of allylic oxidation sites excluding steroid dienone is 1. The second kappa shape index (κ2) is 4.73. The Morgan fingerprint density at radius 3 is 1.57 bits per heavy atom. The SMILES string of the molecule is [CH2-]C(C)=C(F)F.[Y]. The predicted octanol–water partition coefficient (Wildman–Crippen LogP) is 1.99. The molecule has 39 valence electrons. The average Bonchev–Trinajstić information content (AvgIpc) is 1.36. The first-order valence-electron chi connectivity index (χ1n) is 1.48. The molecule has 0 fully saturated rings. The van der Waals surface area contributed by atoms with Gasteiger partial charge in [-0.15, -0.1) is 0 Å². The molecular formula is C4H5F2Y-. The molecule has 0 aromatic rings. The summed E-state index contributed by atoms with van der Waals surface area (Å²) < 4.78 is 21.9. The molecule has 0 spiro atoms. The van der Waals surface area contributed by atoms with Crippen LogP contribution in [0.2, 0.25) is 0 Å². The van der Waals surface area contributed by atoms with E-state index in [0.717, 1.165) is 0 Å². The minimum atomic E-state index is -1.69. The summed E-state index contributed by atoms with van der Waals surface area (Å²) in [7, 11) is 0. The van der Waals surface area contributed by atoms with Gasteiger partial charge in [0.05, 0.1) is 0 Å². The minimum Gasteiger partial charge on any atom is -0.289 e. The first-order chi connectivity index (χ1) is 2.64. The summed E-state index contributed by atoms with van der Waals surface area (Å²) in [4.78, 5) is 0. The number of halogens is 2. The molecule has 0 atom stereocenters. The Bertz CT molecular complexity index is 59.8. The first-order valence-corrected chi connectivity index (χ1v) is 1.48. The van der Waals surface area contributed by atoms with E-state index < -0.39 is 6.08 Å². The summed E-state index contributed by atoms with van der Waals surface area (Å²) in [5, 5.41) is 0. The van der Waals surface area contributed by atoms with Gasteiger partial charge < -0.3 is 0 Å². The van der Waals surface area contributed by atoms with Crippen LogP contribution in [0.25, 0.3) is 0 Å². The van der Waals surface area contributed by atoms with Crippen LogP contribution in [0, 0.1) is 6.92 Å². The molecule has 0 heterocycles. The van der Waals surface area contributed by atoms with Crippen LogP contribution in [-0.4, -0.2) is 0 Å². The van der Waals surface area contributed by atoms with Crippen molar-refractivity contribution in [2.45, 2.75) is 6.92 Å². The molecule has 0 aliphatic rings. The summed E-state index contributed by atoms with van der Waals surface area (Å²) in [5.74, 6) is 0. The molecule has 7 heavy (non-hydrogen) atoms. The van der Waals surface area contributed by atoms with E-state index in [-0.39, 0.29) is 38.3 Å². The molecule has 3 heteroatoms. The van der Waals surface area contributed by atoms with Crippen molar-refractivity contribution in [3.8, 4) is 0 Å². The van der Waals surface area contributed by atoms with E-state index in [2.05, 4.69) is 6.92 Å². The topological polar surface area (TPSA) is 0 Å². The maximum absolute atomic E-state index is 11.0. The van der Waals surface area contributed by atoms with E-state index in [1.807, 2.05) is 0 Å². The Hall–Kier alpha value is 0.574. The van der Waals surface area contributed by atoms with Crippen molar-refractivity contribution in [1.82, 2.24) is 0 Å². The zero-order chi connectivity index (χ0) is 5.15.